The summed E-state index contributed by atoms with van der Waals surface area (Å²) < 4.78 is 37.6. The van der Waals surface area contributed by atoms with Crippen LogP contribution in [0.5, 0.6) is 0 Å². The molecule has 5 nitrogen and oxygen atoms in total. The minimum atomic E-state index is -4.26. The van der Waals surface area contributed by atoms with Crippen LogP contribution in [0.3, 0.4) is 0 Å². The molecule has 0 aromatic heterocycles. The average Bonchev–Trinajstić information content (AvgIpc) is 2.37. The van der Waals surface area contributed by atoms with Crippen LogP contribution >= 0.6 is 0 Å². The predicted molar refractivity (Wildman–Crippen MR) is 70.5 cm³/mol. The Morgan fingerprint density at radius 1 is 1.35 bits per heavy atom. The summed E-state index contributed by atoms with van der Waals surface area (Å²) in [5.41, 5.74) is 9.39. The second kappa shape index (κ2) is 7.74. The van der Waals surface area contributed by atoms with Gasteiger partial charge in [-0.25, -0.2) is 0 Å². The van der Waals surface area contributed by atoms with E-state index in [-0.39, 0.29) is 13.1 Å². The van der Waals surface area contributed by atoms with Crippen molar-refractivity contribution >= 4 is 5.69 Å². The SMILES string of the molecule is CNCCN(Cc1ccccc1N=[N+]=[N-])CC(F)(F)F. The molecular weight excluding hydrogens is 271 g/mol. The van der Waals surface area contributed by atoms with Crippen molar-refractivity contribution in [3.63, 3.8) is 0 Å². The maximum atomic E-state index is 12.5. The average molecular weight is 287 g/mol. The van der Waals surface area contributed by atoms with Crippen LogP contribution in [-0.2, 0) is 6.54 Å². The van der Waals surface area contributed by atoms with E-state index in [1.807, 2.05) is 0 Å². The number of halogens is 3. The number of likely N-dealkylation sites (N-methyl/N-ethyl adjacent to an activating group) is 1. The zero-order valence-corrected chi connectivity index (χ0v) is 11.1. The molecule has 0 unspecified atom stereocenters. The highest BCUT2D eigenvalue weighted by molar-refractivity contribution is 5.45. The summed E-state index contributed by atoms with van der Waals surface area (Å²) in [6.07, 6.45) is -4.26. The maximum absolute atomic E-state index is 12.5. The number of hydrogen-bond acceptors (Lipinski definition) is 3. The smallest absolute Gasteiger partial charge is 0.318 e. The number of hydrogen-bond donors (Lipinski definition) is 1. The zero-order valence-electron chi connectivity index (χ0n) is 11.1. The molecule has 0 atom stereocenters. The lowest BCUT2D eigenvalue weighted by Crippen LogP contribution is -2.37. The zero-order chi connectivity index (χ0) is 15.0. The highest BCUT2D eigenvalue weighted by Crippen LogP contribution is 2.23. The third-order valence-corrected chi connectivity index (χ3v) is 2.62. The summed E-state index contributed by atoms with van der Waals surface area (Å²) in [5, 5.41) is 6.31. The summed E-state index contributed by atoms with van der Waals surface area (Å²) in [4.78, 5) is 3.95. The number of nitrogens with zero attached hydrogens (tertiary/aromatic N) is 4. The van der Waals surface area contributed by atoms with Gasteiger partial charge in [-0.3, -0.25) is 4.90 Å². The van der Waals surface area contributed by atoms with Crippen molar-refractivity contribution in [3.05, 3.63) is 40.3 Å². The summed E-state index contributed by atoms with van der Waals surface area (Å²) >= 11 is 0. The number of nitrogens with one attached hydrogen (secondary N) is 1. The second-order valence-electron chi connectivity index (χ2n) is 4.25. The third-order valence-electron chi connectivity index (χ3n) is 2.62. The van der Waals surface area contributed by atoms with Crippen molar-refractivity contribution in [1.82, 2.24) is 10.2 Å². The first kappa shape index (κ1) is 16.3. The van der Waals surface area contributed by atoms with Gasteiger partial charge in [-0.2, -0.15) is 13.2 Å². The summed E-state index contributed by atoms with van der Waals surface area (Å²) in [7, 11) is 1.68. The molecule has 0 bridgehead atoms. The molecule has 0 aliphatic rings. The first-order valence-electron chi connectivity index (χ1n) is 6.03. The Morgan fingerprint density at radius 3 is 2.65 bits per heavy atom. The maximum Gasteiger partial charge on any atom is 0.401 e. The molecular formula is C12H16F3N5. The van der Waals surface area contributed by atoms with Crippen LogP contribution in [0.2, 0.25) is 0 Å². The van der Waals surface area contributed by atoms with Crippen molar-refractivity contribution in [3.8, 4) is 0 Å². The number of alkyl halides is 3. The fraction of sp³-hybridized carbons (Fsp3) is 0.500. The Morgan fingerprint density at radius 2 is 2.05 bits per heavy atom. The van der Waals surface area contributed by atoms with Gasteiger partial charge < -0.3 is 5.32 Å². The Hall–Kier alpha value is -1.76. The molecule has 0 aliphatic carbocycles. The van der Waals surface area contributed by atoms with E-state index in [0.29, 0.717) is 17.8 Å². The van der Waals surface area contributed by atoms with Crippen molar-refractivity contribution in [2.24, 2.45) is 5.11 Å². The Bertz CT molecular complexity index is 468. The molecule has 0 heterocycles. The van der Waals surface area contributed by atoms with Crippen molar-refractivity contribution < 1.29 is 13.2 Å². The van der Waals surface area contributed by atoms with Gasteiger partial charge in [0.05, 0.1) is 6.54 Å². The Kier molecular flexibility index (Phi) is 6.30. The lowest BCUT2D eigenvalue weighted by molar-refractivity contribution is -0.146. The van der Waals surface area contributed by atoms with Gasteiger partial charge in [0.15, 0.2) is 0 Å². The molecule has 1 N–H and O–H groups in total. The van der Waals surface area contributed by atoms with E-state index in [0.717, 1.165) is 0 Å². The topological polar surface area (TPSA) is 64.0 Å². The first-order valence-corrected chi connectivity index (χ1v) is 6.03. The largest absolute Gasteiger partial charge is 0.401 e. The predicted octanol–water partition coefficient (Wildman–Crippen LogP) is 3.21. The third kappa shape index (κ3) is 5.92. The van der Waals surface area contributed by atoms with Crippen molar-refractivity contribution in [2.45, 2.75) is 12.7 Å². The summed E-state index contributed by atoms with van der Waals surface area (Å²) in [6.45, 7) is -0.226. The molecule has 8 heteroatoms. The molecule has 110 valence electrons. The first-order chi connectivity index (χ1) is 9.46. The Labute approximate surface area is 115 Å². The van der Waals surface area contributed by atoms with E-state index in [2.05, 4.69) is 15.3 Å². The van der Waals surface area contributed by atoms with Crippen molar-refractivity contribution in [1.29, 1.82) is 0 Å². The van der Waals surface area contributed by atoms with Crippen LogP contribution in [0.1, 0.15) is 5.56 Å². The van der Waals surface area contributed by atoms with Gasteiger partial charge in [0.2, 0.25) is 0 Å². The fourth-order valence-electron chi connectivity index (χ4n) is 1.77. The van der Waals surface area contributed by atoms with Crippen LogP contribution in [0, 0.1) is 0 Å². The fourth-order valence-corrected chi connectivity index (χ4v) is 1.77. The van der Waals surface area contributed by atoms with Gasteiger partial charge in [0.25, 0.3) is 0 Å². The monoisotopic (exact) mass is 287 g/mol. The molecule has 20 heavy (non-hydrogen) atoms. The van der Waals surface area contributed by atoms with E-state index in [1.54, 1.807) is 31.3 Å². The molecule has 0 aliphatic heterocycles. The van der Waals surface area contributed by atoms with Crippen LogP contribution in [-0.4, -0.2) is 37.8 Å². The molecule has 0 saturated heterocycles. The van der Waals surface area contributed by atoms with Gasteiger partial charge in [0.1, 0.15) is 0 Å². The van der Waals surface area contributed by atoms with Crippen molar-refractivity contribution in [2.75, 3.05) is 26.7 Å². The van der Waals surface area contributed by atoms with E-state index in [1.165, 1.54) is 4.90 Å². The highest BCUT2D eigenvalue weighted by atomic mass is 19.4. The second-order valence-corrected chi connectivity index (χ2v) is 4.25. The van der Waals surface area contributed by atoms with E-state index >= 15 is 0 Å². The van der Waals surface area contributed by atoms with Gasteiger partial charge in [-0.15, -0.1) is 0 Å². The van der Waals surface area contributed by atoms with Gasteiger partial charge in [-0.1, -0.05) is 29.4 Å². The molecule has 1 aromatic carbocycles. The summed E-state index contributed by atoms with van der Waals surface area (Å²) in [6, 6.07) is 6.62. The van der Waals surface area contributed by atoms with Crippen LogP contribution in [0.15, 0.2) is 29.4 Å². The quantitative estimate of drug-likeness (QED) is 0.475. The van der Waals surface area contributed by atoms with E-state index in [9.17, 15) is 13.2 Å². The number of rotatable bonds is 7. The van der Waals surface area contributed by atoms with Gasteiger partial charge in [-0.05, 0) is 18.1 Å². The van der Waals surface area contributed by atoms with E-state index in [4.69, 9.17) is 5.53 Å². The molecule has 0 saturated carbocycles. The lowest BCUT2D eigenvalue weighted by Gasteiger charge is -2.24. The highest BCUT2D eigenvalue weighted by Gasteiger charge is 2.30. The minimum absolute atomic E-state index is 0.0797. The summed E-state index contributed by atoms with van der Waals surface area (Å²) in [5.74, 6) is 0. The van der Waals surface area contributed by atoms with Crippen LogP contribution in [0.4, 0.5) is 18.9 Å². The minimum Gasteiger partial charge on any atom is -0.318 e. The molecule has 0 radical (unpaired) electrons. The lowest BCUT2D eigenvalue weighted by atomic mass is 10.1. The number of azide groups is 1. The standard InChI is InChI=1S/C12H16F3N5/c1-17-6-7-20(9-12(13,14)15)8-10-4-2-3-5-11(10)18-19-16/h2-5,17H,6-9H2,1H3. The van der Waals surface area contributed by atoms with Crippen LogP contribution < -0.4 is 5.32 Å². The molecule has 0 fully saturated rings. The molecule has 0 spiro atoms. The molecule has 1 rings (SSSR count). The Balaban J connectivity index is 2.85. The van der Waals surface area contributed by atoms with Gasteiger partial charge >= 0.3 is 6.18 Å². The molecule has 0 amide bonds. The molecule has 1 aromatic rings. The number of benzene rings is 1. The van der Waals surface area contributed by atoms with Gasteiger partial charge in [0, 0.05) is 30.2 Å². The van der Waals surface area contributed by atoms with E-state index < -0.39 is 12.7 Å². The van der Waals surface area contributed by atoms with Crippen LogP contribution in [0.25, 0.3) is 10.4 Å². The normalized spacial score (nSPS) is 11.4.